The van der Waals surface area contributed by atoms with E-state index in [1.165, 1.54) is 22.3 Å². The van der Waals surface area contributed by atoms with Crippen LogP contribution in [0.25, 0.3) is 11.6 Å². The van der Waals surface area contributed by atoms with Crippen LogP contribution in [-0.2, 0) is 0 Å². The molecule has 0 bridgehead atoms. The lowest BCUT2D eigenvalue weighted by Crippen LogP contribution is -1.92. The SMILES string of the molecule is CNc1ccc(C(=Cc2ccccc2)c2ccc(NC)cc2)cc1. The van der Waals surface area contributed by atoms with E-state index in [0.717, 1.165) is 11.4 Å². The molecular weight excluding hydrogens is 292 g/mol. The summed E-state index contributed by atoms with van der Waals surface area (Å²) in [5.41, 5.74) is 7.05. The Kier molecular flexibility index (Phi) is 4.97. The van der Waals surface area contributed by atoms with Crippen molar-refractivity contribution in [2.75, 3.05) is 24.7 Å². The van der Waals surface area contributed by atoms with Gasteiger partial charge >= 0.3 is 0 Å². The highest BCUT2D eigenvalue weighted by molar-refractivity contribution is 5.92. The predicted octanol–water partition coefficient (Wildman–Crippen LogP) is 5.36. The molecule has 0 spiro atoms. The van der Waals surface area contributed by atoms with Crippen LogP contribution in [0.2, 0.25) is 0 Å². The summed E-state index contributed by atoms with van der Waals surface area (Å²) in [6, 6.07) is 27.5. The van der Waals surface area contributed by atoms with Gasteiger partial charge in [-0.25, -0.2) is 0 Å². The summed E-state index contributed by atoms with van der Waals surface area (Å²) < 4.78 is 0. The number of rotatable bonds is 5. The lowest BCUT2D eigenvalue weighted by atomic mass is 9.95. The summed E-state index contributed by atoms with van der Waals surface area (Å²) in [6.45, 7) is 0. The van der Waals surface area contributed by atoms with Crippen LogP contribution in [0.1, 0.15) is 16.7 Å². The Bertz CT molecular complexity index is 751. The summed E-state index contributed by atoms with van der Waals surface area (Å²) >= 11 is 0. The Morgan fingerprint density at radius 2 is 1.08 bits per heavy atom. The van der Waals surface area contributed by atoms with Gasteiger partial charge in [-0.2, -0.15) is 0 Å². The zero-order valence-corrected chi connectivity index (χ0v) is 14.1. The normalized spacial score (nSPS) is 10.1. The smallest absolute Gasteiger partial charge is 0.0337 e. The molecule has 3 rings (SSSR count). The maximum atomic E-state index is 3.17. The van der Waals surface area contributed by atoms with Crippen LogP contribution in [-0.4, -0.2) is 14.1 Å². The molecule has 0 aliphatic rings. The fourth-order valence-corrected chi connectivity index (χ4v) is 2.68. The van der Waals surface area contributed by atoms with Gasteiger partial charge in [0, 0.05) is 25.5 Å². The van der Waals surface area contributed by atoms with E-state index in [9.17, 15) is 0 Å². The summed E-state index contributed by atoms with van der Waals surface area (Å²) in [5.74, 6) is 0. The van der Waals surface area contributed by atoms with Gasteiger partial charge in [-0.3, -0.25) is 0 Å². The van der Waals surface area contributed by atoms with Gasteiger partial charge in [0.25, 0.3) is 0 Å². The van der Waals surface area contributed by atoms with Gasteiger partial charge in [-0.1, -0.05) is 54.6 Å². The average molecular weight is 314 g/mol. The van der Waals surface area contributed by atoms with Crippen molar-refractivity contribution in [3.05, 3.63) is 95.6 Å². The van der Waals surface area contributed by atoms with Crippen molar-refractivity contribution in [1.82, 2.24) is 0 Å². The third-order valence-corrected chi connectivity index (χ3v) is 4.08. The average Bonchev–Trinajstić information content (AvgIpc) is 2.67. The van der Waals surface area contributed by atoms with Crippen LogP contribution < -0.4 is 10.6 Å². The second-order valence-electron chi connectivity index (χ2n) is 5.62. The molecular formula is C22H22N2. The lowest BCUT2D eigenvalue weighted by Gasteiger charge is -2.11. The summed E-state index contributed by atoms with van der Waals surface area (Å²) in [7, 11) is 3.87. The van der Waals surface area contributed by atoms with Crippen molar-refractivity contribution in [3.63, 3.8) is 0 Å². The molecule has 0 aromatic heterocycles. The molecule has 3 aromatic carbocycles. The van der Waals surface area contributed by atoms with Gasteiger partial charge in [-0.15, -0.1) is 0 Å². The van der Waals surface area contributed by atoms with Crippen molar-refractivity contribution < 1.29 is 0 Å². The highest BCUT2D eigenvalue weighted by Crippen LogP contribution is 2.28. The van der Waals surface area contributed by atoms with Crippen LogP contribution in [0.3, 0.4) is 0 Å². The molecule has 24 heavy (non-hydrogen) atoms. The van der Waals surface area contributed by atoms with Gasteiger partial charge < -0.3 is 10.6 Å². The van der Waals surface area contributed by atoms with Crippen LogP contribution >= 0.6 is 0 Å². The maximum Gasteiger partial charge on any atom is 0.0337 e. The summed E-state index contributed by atoms with van der Waals surface area (Å²) in [5, 5.41) is 6.34. The van der Waals surface area contributed by atoms with Crippen molar-refractivity contribution in [2.45, 2.75) is 0 Å². The standard InChI is InChI=1S/C22H22N2/c1-23-20-12-8-18(9-13-20)22(16-17-6-4-3-5-7-17)19-10-14-21(24-2)15-11-19/h3-16,23-24H,1-2H3. The van der Waals surface area contributed by atoms with E-state index in [0.29, 0.717) is 0 Å². The van der Waals surface area contributed by atoms with Crippen molar-refractivity contribution in [3.8, 4) is 0 Å². The quantitative estimate of drug-likeness (QED) is 0.620. The first kappa shape index (κ1) is 15.9. The van der Waals surface area contributed by atoms with Crippen LogP contribution in [0.15, 0.2) is 78.9 Å². The molecule has 0 heterocycles. The number of hydrogen-bond donors (Lipinski definition) is 2. The van der Waals surface area contributed by atoms with Crippen molar-refractivity contribution in [2.24, 2.45) is 0 Å². The second-order valence-corrected chi connectivity index (χ2v) is 5.62. The first-order valence-corrected chi connectivity index (χ1v) is 8.13. The molecule has 0 amide bonds. The van der Waals surface area contributed by atoms with Crippen LogP contribution in [0.4, 0.5) is 11.4 Å². The molecule has 2 N–H and O–H groups in total. The molecule has 2 heteroatoms. The zero-order valence-electron chi connectivity index (χ0n) is 14.1. The molecule has 0 atom stereocenters. The van der Waals surface area contributed by atoms with E-state index in [1.54, 1.807) is 0 Å². The minimum absolute atomic E-state index is 1.11. The van der Waals surface area contributed by atoms with Crippen molar-refractivity contribution >= 4 is 23.0 Å². The van der Waals surface area contributed by atoms with E-state index in [2.05, 4.69) is 89.5 Å². The second kappa shape index (κ2) is 7.51. The van der Waals surface area contributed by atoms with E-state index >= 15 is 0 Å². The fraction of sp³-hybridized carbons (Fsp3) is 0.0909. The molecule has 0 aliphatic carbocycles. The van der Waals surface area contributed by atoms with E-state index in [-0.39, 0.29) is 0 Å². The third-order valence-electron chi connectivity index (χ3n) is 4.08. The minimum Gasteiger partial charge on any atom is -0.388 e. The molecule has 0 saturated carbocycles. The van der Waals surface area contributed by atoms with Crippen LogP contribution in [0, 0.1) is 0 Å². The van der Waals surface area contributed by atoms with E-state index in [1.807, 2.05) is 20.2 Å². The van der Waals surface area contributed by atoms with Gasteiger partial charge in [-0.05, 0) is 52.6 Å². The molecule has 0 saturated heterocycles. The first-order chi connectivity index (χ1) is 11.8. The van der Waals surface area contributed by atoms with Crippen LogP contribution in [0.5, 0.6) is 0 Å². The molecule has 120 valence electrons. The zero-order chi connectivity index (χ0) is 16.8. The summed E-state index contributed by atoms with van der Waals surface area (Å²) in [4.78, 5) is 0. The number of hydrogen-bond acceptors (Lipinski definition) is 2. The topological polar surface area (TPSA) is 24.1 Å². The van der Waals surface area contributed by atoms with Gasteiger partial charge in [0.05, 0.1) is 0 Å². The fourth-order valence-electron chi connectivity index (χ4n) is 2.68. The molecule has 0 fully saturated rings. The number of benzene rings is 3. The van der Waals surface area contributed by atoms with Gasteiger partial charge in [0.1, 0.15) is 0 Å². The summed E-state index contributed by atoms with van der Waals surface area (Å²) in [6.07, 6.45) is 2.24. The molecule has 0 unspecified atom stereocenters. The molecule has 0 radical (unpaired) electrons. The van der Waals surface area contributed by atoms with Crippen molar-refractivity contribution in [1.29, 1.82) is 0 Å². The maximum absolute atomic E-state index is 3.17. The number of nitrogens with one attached hydrogen (secondary N) is 2. The highest BCUT2D eigenvalue weighted by atomic mass is 14.8. The first-order valence-electron chi connectivity index (χ1n) is 8.13. The minimum atomic E-state index is 1.11. The Morgan fingerprint density at radius 3 is 1.50 bits per heavy atom. The Hall–Kier alpha value is -3.00. The lowest BCUT2D eigenvalue weighted by molar-refractivity contribution is 1.47. The Morgan fingerprint density at radius 1 is 0.625 bits per heavy atom. The highest BCUT2D eigenvalue weighted by Gasteiger charge is 2.06. The predicted molar refractivity (Wildman–Crippen MR) is 105 cm³/mol. The van der Waals surface area contributed by atoms with E-state index < -0.39 is 0 Å². The Labute approximate surface area is 143 Å². The monoisotopic (exact) mass is 314 g/mol. The third kappa shape index (κ3) is 3.66. The Balaban J connectivity index is 2.07. The molecule has 3 aromatic rings. The van der Waals surface area contributed by atoms with Gasteiger partial charge in [0.15, 0.2) is 0 Å². The molecule has 0 aliphatic heterocycles. The van der Waals surface area contributed by atoms with Gasteiger partial charge in [0.2, 0.25) is 0 Å². The number of anilines is 2. The molecule has 2 nitrogen and oxygen atoms in total. The van der Waals surface area contributed by atoms with E-state index in [4.69, 9.17) is 0 Å². The largest absolute Gasteiger partial charge is 0.388 e.